The smallest absolute Gasteiger partial charge is 0.343 e. The van der Waals surface area contributed by atoms with Crippen molar-refractivity contribution in [3.8, 4) is 5.75 Å². The largest absolute Gasteiger partial charge is 0.481 e. The summed E-state index contributed by atoms with van der Waals surface area (Å²) in [5.74, 6) is -1.64. The molecule has 0 spiro atoms. The van der Waals surface area contributed by atoms with Gasteiger partial charge in [0.25, 0.3) is 11.8 Å². The van der Waals surface area contributed by atoms with Crippen LogP contribution >= 0.6 is 15.9 Å². The molecule has 4 amide bonds. The number of aryl methyl sites for hydroxylation is 2. The van der Waals surface area contributed by atoms with E-state index in [1.165, 1.54) is 13.2 Å². The van der Waals surface area contributed by atoms with E-state index in [-0.39, 0.29) is 12.2 Å². The number of hydrogen-bond donors (Lipinski definition) is 1. The molecule has 1 aliphatic rings. The average molecular weight is 487 g/mol. The van der Waals surface area contributed by atoms with Crippen molar-refractivity contribution >= 4 is 51.5 Å². The number of nitrogens with zero attached hydrogens (tertiary/aromatic N) is 1. The third-order valence-corrected chi connectivity index (χ3v) is 5.03. The number of imide groups is 2. The number of anilines is 1. The molecule has 2 aromatic rings. The van der Waals surface area contributed by atoms with Crippen molar-refractivity contribution in [2.45, 2.75) is 13.8 Å². The number of methoxy groups -OCH3 is 1. The molecule has 1 aliphatic heterocycles. The summed E-state index contributed by atoms with van der Waals surface area (Å²) in [6.07, 6.45) is 1.38. The zero-order chi connectivity index (χ0) is 22.7. The Balaban J connectivity index is 1.91. The van der Waals surface area contributed by atoms with E-state index in [4.69, 9.17) is 4.74 Å². The Hall–Kier alpha value is -3.46. The second-order valence-corrected chi connectivity index (χ2v) is 7.71. The molecule has 31 heavy (non-hydrogen) atoms. The minimum absolute atomic E-state index is 0.186. The van der Waals surface area contributed by atoms with Crippen molar-refractivity contribution in [1.82, 2.24) is 5.32 Å². The lowest BCUT2D eigenvalue weighted by Crippen LogP contribution is -2.54. The van der Waals surface area contributed by atoms with Gasteiger partial charge in [0.05, 0.1) is 17.3 Å². The third kappa shape index (κ3) is 5.00. The predicted octanol–water partition coefficient (Wildman–Crippen LogP) is 3.28. The van der Waals surface area contributed by atoms with E-state index in [0.717, 1.165) is 16.0 Å². The van der Waals surface area contributed by atoms with Crippen LogP contribution in [0.25, 0.3) is 6.08 Å². The molecule has 0 bridgehead atoms. The van der Waals surface area contributed by atoms with Gasteiger partial charge in [-0.25, -0.2) is 14.5 Å². The van der Waals surface area contributed by atoms with Crippen molar-refractivity contribution in [2.75, 3.05) is 18.6 Å². The van der Waals surface area contributed by atoms with E-state index >= 15 is 0 Å². The van der Waals surface area contributed by atoms with Crippen LogP contribution in [-0.2, 0) is 19.1 Å². The van der Waals surface area contributed by atoms with E-state index < -0.39 is 23.8 Å². The number of carbonyl (C=O) groups is 4. The minimum atomic E-state index is -0.801. The van der Waals surface area contributed by atoms with Crippen LogP contribution in [0.2, 0.25) is 0 Å². The summed E-state index contributed by atoms with van der Waals surface area (Å²) < 4.78 is 10.4. The van der Waals surface area contributed by atoms with Gasteiger partial charge in [-0.3, -0.25) is 14.9 Å². The Kier molecular flexibility index (Phi) is 6.55. The van der Waals surface area contributed by atoms with Crippen LogP contribution in [-0.4, -0.2) is 37.5 Å². The first-order chi connectivity index (χ1) is 14.7. The number of rotatable bonds is 5. The molecule has 1 saturated heterocycles. The van der Waals surface area contributed by atoms with Crippen molar-refractivity contribution in [2.24, 2.45) is 0 Å². The molecule has 0 aliphatic carbocycles. The van der Waals surface area contributed by atoms with Gasteiger partial charge >= 0.3 is 12.0 Å². The van der Waals surface area contributed by atoms with E-state index in [1.807, 2.05) is 19.9 Å². The summed E-state index contributed by atoms with van der Waals surface area (Å²) in [6.45, 7) is 3.45. The number of esters is 1. The number of ether oxygens (including phenoxy) is 2. The number of hydrogen-bond acceptors (Lipinski definition) is 6. The molecule has 0 atom stereocenters. The molecule has 0 saturated carbocycles. The van der Waals surface area contributed by atoms with Crippen LogP contribution in [0.1, 0.15) is 16.7 Å². The van der Waals surface area contributed by atoms with E-state index in [1.54, 1.807) is 30.3 Å². The topological polar surface area (TPSA) is 102 Å². The maximum atomic E-state index is 13.0. The highest BCUT2D eigenvalue weighted by atomic mass is 79.9. The first kappa shape index (κ1) is 22.2. The van der Waals surface area contributed by atoms with E-state index in [0.29, 0.717) is 21.5 Å². The van der Waals surface area contributed by atoms with Gasteiger partial charge in [-0.05, 0) is 76.8 Å². The predicted molar refractivity (Wildman–Crippen MR) is 117 cm³/mol. The summed E-state index contributed by atoms with van der Waals surface area (Å²) in [5, 5.41) is 2.20. The summed E-state index contributed by atoms with van der Waals surface area (Å²) in [4.78, 5) is 49.9. The number of urea groups is 1. The SMILES string of the molecule is COC(=O)COc1ccc(/C=C2\C(=O)NC(=O)N(c3cc(C)cc(C)c3)C2=O)cc1Br. The molecular formula is C22H19BrN2O6. The summed E-state index contributed by atoms with van der Waals surface area (Å²) >= 11 is 3.33. The molecule has 160 valence electrons. The Morgan fingerprint density at radius 3 is 2.39 bits per heavy atom. The highest BCUT2D eigenvalue weighted by Crippen LogP contribution is 2.28. The molecule has 9 heteroatoms. The minimum Gasteiger partial charge on any atom is -0.481 e. The van der Waals surface area contributed by atoms with Gasteiger partial charge in [0.1, 0.15) is 11.3 Å². The highest BCUT2D eigenvalue weighted by molar-refractivity contribution is 9.10. The van der Waals surface area contributed by atoms with Gasteiger partial charge in [-0.15, -0.1) is 0 Å². The Labute approximate surface area is 186 Å². The van der Waals surface area contributed by atoms with Gasteiger partial charge in [0, 0.05) is 0 Å². The summed E-state index contributed by atoms with van der Waals surface area (Å²) in [6, 6.07) is 9.32. The van der Waals surface area contributed by atoms with Gasteiger partial charge in [-0.1, -0.05) is 12.1 Å². The second kappa shape index (κ2) is 9.13. The number of carbonyl (C=O) groups excluding carboxylic acids is 4. The number of benzene rings is 2. The van der Waals surface area contributed by atoms with Crippen molar-refractivity contribution in [3.63, 3.8) is 0 Å². The normalized spacial score (nSPS) is 15.2. The summed E-state index contributed by atoms with van der Waals surface area (Å²) in [7, 11) is 1.26. The van der Waals surface area contributed by atoms with Crippen molar-refractivity contribution in [3.05, 3.63) is 63.1 Å². The van der Waals surface area contributed by atoms with E-state index in [9.17, 15) is 19.2 Å². The van der Waals surface area contributed by atoms with Gasteiger partial charge in [-0.2, -0.15) is 0 Å². The number of amides is 4. The average Bonchev–Trinajstić information content (AvgIpc) is 2.69. The maximum Gasteiger partial charge on any atom is 0.343 e. The molecule has 1 fully saturated rings. The zero-order valence-electron chi connectivity index (χ0n) is 17.0. The lowest BCUT2D eigenvalue weighted by Gasteiger charge is -2.27. The van der Waals surface area contributed by atoms with Gasteiger partial charge in [0.2, 0.25) is 0 Å². The van der Waals surface area contributed by atoms with Crippen LogP contribution in [0.15, 0.2) is 46.4 Å². The fraction of sp³-hybridized carbons (Fsp3) is 0.182. The fourth-order valence-electron chi connectivity index (χ4n) is 3.06. The third-order valence-electron chi connectivity index (χ3n) is 4.41. The number of nitrogens with one attached hydrogen (secondary N) is 1. The quantitative estimate of drug-likeness (QED) is 0.395. The molecule has 0 unspecified atom stereocenters. The Morgan fingerprint density at radius 2 is 1.77 bits per heavy atom. The van der Waals surface area contributed by atoms with Crippen LogP contribution < -0.4 is 15.0 Å². The van der Waals surface area contributed by atoms with Crippen LogP contribution in [0, 0.1) is 13.8 Å². The molecular weight excluding hydrogens is 468 g/mol. The van der Waals surface area contributed by atoms with E-state index in [2.05, 4.69) is 26.0 Å². The van der Waals surface area contributed by atoms with Crippen molar-refractivity contribution in [1.29, 1.82) is 0 Å². The zero-order valence-corrected chi connectivity index (χ0v) is 18.6. The van der Waals surface area contributed by atoms with Crippen molar-refractivity contribution < 1.29 is 28.7 Å². The van der Waals surface area contributed by atoms with Gasteiger partial charge in [0.15, 0.2) is 6.61 Å². The first-order valence-electron chi connectivity index (χ1n) is 9.18. The second-order valence-electron chi connectivity index (χ2n) is 6.86. The molecule has 3 rings (SSSR count). The monoisotopic (exact) mass is 486 g/mol. The molecule has 1 heterocycles. The van der Waals surface area contributed by atoms with Crippen LogP contribution in [0.3, 0.4) is 0 Å². The first-order valence-corrected chi connectivity index (χ1v) is 9.98. The lowest BCUT2D eigenvalue weighted by atomic mass is 10.1. The standard InChI is InChI=1S/C22H19BrN2O6/c1-12-6-13(2)8-15(7-12)25-21(28)16(20(27)24-22(25)29)9-14-4-5-18(17(23)10-14)31-11-19(26)30-3/h4-10H,11H2,1-3H3,(H,24,27,29)/b16-9+. The Bertz CT molecular complexity index is 1100. The molecule has 1 N–H and O–H groups in total. The molecule has 0 aromatic heterocycles. The van der Waals surface area contributed by atoms with Crippen LogP contribution in [0.5, 0.6) is 5.75 Å². The maximum absolute atomic E-state index is 13.0. The molecule has 2 aromatic carbocycles. The fourth-order valence-corrected chi connectivity index (χ4v) is 3.57. The Morgan fingerprint density at radius 1 is 1.10 bits per heavy atom. The molecule has 8 nitrogen and oxygen atoms in total. The number of barbiturate groups is 1. The van der Waals surface area contributed by atoms with Crippen LogP contribution in [0.4, 0.5) is 10.5 Å². The summed E-state index contributed by atoms with van der Waals surface area (Å²) in [5.41, 5.74) is 2.47. The van der Waals surface area contributed by atoms with Gasteiger partial charge < -0.3 is 9.47 Å². The molecule has 0 radical (unpaired) electrons. The number of halogens is 1. The highest BCUT2D eigenvalue weighted by Gasteiger charge is 2.37. The lowest BCUT2D eigenvalue weighted by molar-refractivity contribution is -0.143.